The average molecular weight is 240 g/mol. The van der Waals surface area contributed by atoms with Crippen molar-refractivity contribution in [2.45, 2.75) is 38.6 Å². The molecular formula is C13H24N2O2. The van der Waals surface area contributed by atoms with Crippen molar-refractivity contribution in [1.82, 2.24) is 10.2 Å². The molecule has 2 fully saturated rings. The molecule has 0 aromatic heterocycles. The minimum atomic E-state index is -0.146. The normalized spacial score (nSPS) is 30.5. The Bertz CT molecular complexity index is 269. The topological polar surface area (TPSA) is 41.6 Å². The van der Waals surface area contributed by atoms with Crippen molar-refractivity contribution in [3.05, 3.63) is 0 Å². The van der Waals surface area contributed by atoms with Crippen LogP contribution in [-0.2, 0) is 9.53 Å². The Balaban J connectivity index is 2.02. The number of hydrogen-bond acceptors (Lipinski definition) is 3. The second-order valence-corrected chi connectivity index (χ2v) is 5.32. The van der Waals surface area contributed by atoms with E-state index in [4.69, 9.17) is 4.74 Å². The van der Waals surface area contributed by atoms with Gasteiger partial charge in [0.2, 0.25) is 5.91 Å². The second kappa shape index (κ2) is 5.36. The zero-order chi connectivity index (χ0) is 12.3. The molecule has 2 saturated heterocycles. The summed E-state index contributed by atoms with van der Waals surface area (Å²) in [6, 6.07) is 0.375. The van der Waals surface area contributed by atoms with Gasteiger partial charge in [-0.3, -0.25) is 4.79 Å². The fourth-order valence-corrected chi connectivity index (χ4v) is 2.99. The highest BCUT2D eigenvalue weighted by Gasteiger charge is 2.42. The molecule has 2 aliphatic rings. The van der Waals surface area contributed by atoms with E-state index in [0.717, 1.165) is 52.0 Å². The molecule has 0 spiro atoms. The Morgan fingerprint density at radius 2 is 2.18 bits per heavy atom. The summed E-state index contributed by atoms with van der Waals surface area (Å²) >= 11 is 0. The maximum Gasteiger partial charge on any atom is 0.230 e. The predicted octanol–water partition coefficient (Wildman–Crippen LogP) is 1.01. The lowest BCUT2D eigenvalue weighted by Crippen LogP contribution is -2.49. The van der Waals surface area contributed by atoms with Crippen LogP contribution in [0.1, 0.15) is 32.6 Å². The molecule has 1 amide bonds. The van der Waals surface area contributed by atoms with Crippen LogP contribution in [0.5, 0.6) is 0 Å². The van der Waals surface area contributed by atoms with E-state index in [-0.39, 0.29) is 5.41 Å². The summed E-state index contributed by atoms with van der Waals surface area (Å²) in [5, 5.41) is 3.33. The number of amides is 1. The lowest BCUT2D eigenvalue weighted by molar-refractivity contribution is -0.143. The standard InChI is InChI=1S/C13H24N2O2/c1-3-13(6-7-14-10-13)12(16)15(2)11-4-8-17-9-5-11/h11,14H,3-10H2,1-2H3. The molecule has 0 aromatic carbocycles. The fraction of sp³-hybridized carbons (Fsp3) is 0.923. The number of carbonyl (C=O) groups excluding carboxylic acids is 1. The van der Waals surface area contributed by atoms with E-state index in [1.807, 2.05) is 11.9 Å². The van der Waals surface area contributed by atoms with Crippen LogP contribution in [-0.4, -0.2) is 50.2 Å². The van der Waals surface area contributed by atoms with Crippen LogP contribution in [0.2, 0.25) is 0 Å². The first kappa shape index (κ1) is 12.8. The molecule has 0 saturated carbocycles. The summed E-state index contributed by atoms with van der Waals surface area (Å²) in [6.45, 7) is 5.53. The number of rotatable bonds is 3. The van der Waals surface area contributed by atoms with Crippen molar-refractivity contribution in [3.8, 4) is 0 Å². The molecule has 1 unspecified atom stereocenters. The summed E-state index contributed by atoms with van der Waals surface area (Å²) in [7, 11) is 1.97. The minimum absolute atomic E-state index is 0.146. The van der Waals surface area contributed by atoms with Crippen LogP contribution in [0.4, 0.5) is 0 Å². The van der Waals surface area contributed by atoms with Gasteiger partial charge in [-0.1, -0.05) is 6.92 Å². The zero-order valence-electron chi connectivity index (χ0n) is 11.0. The molecule has 4 heteroatoms. The van der Waals surface area contributed by atoms with Crippen molar-refractivity contribution in [2.75, 3.05) is 33.4 Å². The number of nitrogens with one attached hydrogen (secondary N) is 1. The maximum absolute atomic E-state index is 12.6. The first-order valence-corrected chi connectivity index (χ1v) is 6.75. The number of carbonyl (C=O) groups is 1. The third-order valence-electron chi connectivity index (χ3n) is 4.43. The predicted molar refractivity (Wildman–Crippen MR) is 66.8 cm³/mol. The van der Waals surface area contributed by atoms with Gasteiger partial charge < -0.3 is 15.0 Å². The van der Waals surface area contributed by atoms with Crippen molar-refractivity contribution in [3.63, 3.8) is 0 Å². The average Bonchev–Trinajstić information content (AvgIpc) is 2.88. The van der Waals surface area contributed by atoms with Gasteiger partial charge in [-0.25, -0.2) is 0 Å². The van der Waals surface area contributed by atoms with Gasteiger partial charge >= 0.3 is 0 Å². The lowest BCUT2D eigenvalue weighted by atomic mass is 9.82. The molecule has 1 N–H and O–H groups in total. The highest BCUT2D eigenvalue weighted by molar-refractivity contribution is 5.83. The molecule has 0 aromatic rings. The Hall–Kier alpha value is -0.610. The van der Waals surface area contributed by atoms with Crippen molar-refractivity contribution in [2.24, 2.45) is 5.41 Å². The molecule has 0 bridgehead atoms. The summed E-state index contributed by atoms with van der Waals surface area (Å²) in [5.41, 5.74) is -0.146. The Labute approximate surface area is 104 Å². The first-order chi connectivity index (χ1) is 8.19. The summed E-state index contributed by atoms with van der Waals surface area (Å²) in [5.74, 6) is 0.330. The smallest absolute Gasteiger partial charge is 0.230 e. The van der Waals surface area contributed by atoms with E-state index < -0.39 is 0 Å². The van der Waals surface area contributed by atoms with Gasteiger partial charge in [0.15, 0.2) is 0 Å². The van der Waals surface area contributed by atoms with Gasteiger partial charge in [0, 0.05) is 32.8 Å². The highest BCUT2D eigenvalue weighted by Crippen LogP contribution is 2.32. The SMILES string of the molecule is CCC1(C(=O)N(C)C2CCOCC2)CCNC1. The molecule has 0 aliphatic carbocycles. The van der Waals surface area contributed by atoms with Crippen molar-refractivity contribution >= 4 is 5.91 Å². The number of nitrogens with zero attached hydrogens (tertiary/aromatic N) is 1. The molecule has 2 aliphatic heterocycles. The van der Waals surface area contributed by atoms with Gasteiger partial charge in [-0.2, -0.15) is 0 Å². The van der Waals surface area contributed by atoms with Crippen LogP contribution in [0.25, 0.3) is 0 Å². The Kier molecular flexibility index (Phi) is 4.05. The molecular weight excluding hydrogens is 216 g/mol. The van der Waals surface area contributed by atoms with E-state index in [9.17, 15) is 4.79 Å². The van der Waals surface area contributed by atoms with E-state index in [1.165, 1.54) is 0 Å². The first-order valence-electron chi connectivity index (χ1n) is 6.75. The number of ether oxygens (including phenoxy) is 1. The molecule has 17 heavy (non-hydrogen) atoms. The lowest BCUT2D eigenvalue weighted by Gasteiger charge is -2.37. The summed E-state index contributed by atoms with van der Waals surface area (Å²) in [4.78, 5) is 14.6. The van der Waals surface area contributed by atoms with E-state index in [0.29, 0.717) is 11.9 Å². The molecule has 1 atom stereocenters. The quantitative estimate of drug-likeness (QED) is 0.800. The third kappa shape index (κ3) is 2.47. The monoisotopic (exact) mass is 240 g/mol. The van der Waals surface area contributed by atoms with Gasteiger partial charge in [0.25, 0.3) is 0 Å². The molecule has 0 radical (unpaired) electrons. The van der Waals surface area contributed by atoms with Gasteiger partial charge in [-0.05, 0) is 32.2 Å². The van der Waals surface area contributed by atoms with Crippen LogP contribution in [0.15, 0.2) is 0 Å². The van der Waals surface area contributed by atoms with Crippen molar-refractivity contribution in [1.29, 1.82) is 0 Å². The van der Waals surface area contributed by atoms with E-state index >= 15 is 0 Å². The second-order valence-electron chi connectivity index (χ2n) is 5.32. The van der Waals surface area contributed by atoms with Gasteiger partial charge in [-0.15, -0.1) is 0 Å². The summed E-state index contributed by atoms with van der Waals surface area (Å²) < 4.78 is 5.36. The van der Waals surface area contributed by atoms with Crippen LogP contribution in [0, 0.1) is 5.41 Å². The Morgan fingerprint density at radius 3 is 2.71 bits per heavy atom. The Morgan fingerprint density at radius 1 is 1.47 bits per heavy atom. The minimum Gasteiger partial charge on any atom is -0.381 e. The van der Waals surface area contributed by atoms with Crippen LogP contribution >= 0.6 is 0 Å². The highest BCUT2D eigenvalue weighted by atomic mass is 16.5. The van der Waals surface area contributed by atoms with Gasteiger partial charge in [0.05, 0.1) is 5.41 Å². The maximum atomic E-state index is 12.6. The molecule has 98 valence electrons. The summed E-state index contributed by atoms with van der Waals surface area (Å²) in [6.07, 6.45) is 3.88. The largest absolute Gasteiger partial charge is 0.381 e. The van der Waals surface area contributed by atoms with Crippen molar-refractivity contribution < 1.29 is 9.53 Å². The van der Waals surface area contributed by atoms with E-state index in [1.54, 1.807) is 0 Å². The van der Waals surface area contributed by atoms with Crippen LogP contribution in [0.3, 0.4) is 0 Å². The van der Waals surface area contributed by atoms with Gasteiger partial charge in [0.1, 0.15) is 0 Å². The molecule has 2 rings (SSSR count). The zero-order valence-corrected chi connectivity index (χ0v) is 11.0. The van der Waals surface area contributed by atoms with E-state index in [2.05, 4.69) is 12.2 Å². The van der Waals surface area contributed by atoms with Crippen LogP contribution < -0.4 is 5.32 Å². The molecule has 4 nitrogen and oxygen atoms in total. The third-order valence-corrected chi connectivity index (χ3v) is 4.43. The fourth-order valence-electron chi connectivity index (χ4n) is 2.99. The molecule has 2 heterocycles. The number of hydrogen-bond donors (Lipinski definition) is 1.